The maximum atomic E-state index is 12.9. The number of rotatable bonds is 2. The number of carboxylic acid groups (broad SMARTS) is 1. The molecule has 1 N–H and O–H groups in total. The molecule has 1 saturated heterocycles. The number of hydrogen-bond donors (Lipinski definition) is 1. The van der Waals surface area contributed by atoms with Crippen molar-refractivity contribution in [3.63, 3.8) is 0 Å². The van der Waals surface area contributed by atoms with Crippen LogP contribution in [0.5, 0.6) is 0 Å². The summed E-state index contributed by atoms with van der Waals surface area (Å²) in [5.41, 5.74) is 0. The van der Waals surface area contributed by atoms with E-state index >= 15 is 0 Å². The Labute approximate surface area is 120 Å². The van der Waals surface area contributed by atoms with E-state index in [4.69, 9.17) is 5.11 Å². The monoisotopic (exact) mass is 308 g/mol. The number of likely N-dealkylation sites (tertiary alicyclic amines) is 1. The fourth-order valence-corrected chi connectivity index (χ4v) is 3.21. The van der Waals surface area contributed by atoms with Crippen LogP contribution in [0.4, 0.5) is 18.0 Å². The van der Waals surface area contributed by atoms with Gasteiger partial charge in [0.15, 0.2) is 0 Å². The number of urea groups is 1. The Morgan fingerprint density at radius 3 is 2.19 bits per heavy atom. The third-order valence-electron chi connectivity index (χ3n) is 4.50. The van der Waals surface area contributed by atoms with Crippen molar-refractivity contribution in [3.8, 4) is 0 Å². The lowest BCUT2D eigenvalue weighted by Crippen LogP contribution is -2.44. The number of nitrogens with zero attached hydrogens (tertiary/aromatic N) is 2. The van der Waals surface area contributed by atoms with Crippen LogP contribution in [0.15, 0.2) is 0 Å². The van der Waals surface area contributed by atoms with Gasteiger partial charge < -0.3 is 14.9 Å². The predicted octanol–water partition coefficient (Wildman–Crippen LogP) is 2.18. The van der Waals surface area contributed by atoms with Gasteiger partial charge >= 0.3 is 18.2 Å². The minimum Gasteiger partial charge on any atom is -0.481 e. The highest BCUT2D eigenvalue weighted by Gasteiger charge is 2.54. The minimum atomic E-state index is -4.61. The Balaban J connectivity index is 2.07. The van der Waals surface area contributed by atoms with Gasteiger partial charge in [-0.05, 0) is 12.8 Å². The van der Waals surface area contributed by atoms with E-state index in [2.05, 4.69) is 0 Å². The van der Waals surface area contributed by atoms with Gasteiger partial charge in [-0.3, -0.25) is 4.79 Å². The SMILES string of the molecule is CN(C(=O)N1C[C@@H](C(F)(F)F)[C@H](C(=O)O)C1)C1CCCC1. The molecule has 21 heavy (non-hydrogen) atoms. The third-order valence-corrected chi connectivity index (χ3v) is 4.50. The Morgan fingerprint density at radius 1 is 1.19 bits per heavy atom. The number of halogens is 3. The molecule has 0 bridgehead atoms. The van der Waals surface area contributed by atoms with Gasteiger partial charge in [0, 0.05) is 26.2 Å². The zero-order chi connectivity index (χ0) is 15.8. The van der Waals surface area contributed by atoms with E-state index in [1.165, 1.54) is 4.90 Å². The van der Waals surface area contributed by atoms with Gasteiger partial charge in [0.05, 0.1) is 11.8 Å². The topological polar surface area (TPSA) is 60.9 Å². The van der Waals surface area contributed by atoms with Crippen LogP contribution in [0.25, 0.3) is 0 Å². The first kappa shape index (κ1) is 15.9. The lowest BCUT2D eigenvalue weighted by molar-refractivity contribution is -0.187. The van der Waals surface area contributed by atoms with Crippen LogP contribution in [0.2, 0.25) is 0 Å². The predicted molar refractivity (Wildman–Crippen MR) is 67.7 cm³/mol. The molecule has 2 aliphatic rings. The van der Waals surface area contributed by atoms with Crippen molar-refractivity contribution >= 4 is 12.0 Å². The zero-order valence-electron chi connectivity index (χ0n) is 11.8. The molecule has 1 aliphatic carbocycles. The van der Waals surface area contributed by atoms with Gasteiger partial charge in [0.1, 0.15) is 0 Å². The molecular weight excluding hydrogens is 289 g/mol. The Bertz CT molecular complexity index is 421. The summed E-state index contributed by atoms with van der Waals surface area (Å²) in [7, 11) is 1.58. The van der Waals surface area contributed by atoms with Gasteiger partial charge in [-0.1, -0.05) is 12.8 Å². The number of alkyl halides is 3. The first-order chi connectivity index (χ1) is 9.71. The summed E-state index contributed by atoms with van der Waals surface area (Å²) in [6.45, 7) is -0.953. The van der Waals surface area contributed by atoms with E-state index in [-0.39, 0.29) is 12.6 Å². The molecular formula is C13H19F3N2O3. The standard InChI is InChI=1S/C13H19F3N2O3/c1-17(8-4-2-3-5-8)12(21)18-6-9(11(19)20)10(7-18)13(14,15)16/h8-10H,2-7H2,1H3,(H,19,20)/t9-,10-/m1/s1. The van der Waals surface area contributed by atoms with E-state index in [1.807, 2.05) is 0 Å². The van der Waals surface area contributed by atoms with Crippen LogP contribution >= 0.6 is 0 Å². The summed E-state index contributed by atoms with van der Waals surface area (Å²) in [6.07, 6.45) is -0.900. The van der Waals surface area contributed by atoms with Crippen LogP contribution in [-0.2, 0) is 4.79 Å². The van der Waals surface area contributed by atoms with E-state index in [0.29, 0.717) is 0 Å². The Kier molecular flexibility index (Phi) is 4.34. The van der Waals surface area contributed by atoms with Crippen LogP contribution in [0.1, 0.15) is 25.7 Å². The van der Waals surface area contributed by atoms with Crippen molar-refractivity contribution < 1.29 is 27.9 Å². The summed E-state index contributed by atoms with van der Waals surface area (Å²) >= 11 is 0. The number of hydrogen-bond acceptors (Lipinski definition) is 2. The highest BCUT2D eigenvalue weighted by molar-refractivity contribution is 5.78. The van der Waals surface area contributed by atoms with E-state index in [1.54, 1.807) is 7.05 Å². The smallest absolute Gasteiger partial charge is 0.394 e. The Hall–Kier alpha value is -1.47. The van der Waals surface area contributed by atoms with Crippen molar-refractivity contribution in [1.29, 1.82) is 0 Å². The molecule has 0 unspecified atom stereocenters. The normalized spacial score (nSPS) is 27.1. The van der Waals surface area contributed by atoms with Crippen molar-refractivity contribution in [2.75, 3.05) is 20.1 Å². The molecule has 8 heteroatoms. The molecule has 1 saturated carbocycles. The lowest BCUT2D eigenvalue weighted by atomic mass is 9.96. The van der Waals surface area contributed by atoms with Gasteiger partial charge in [-0.15, -0.1) is 0 Å². The molecule has 0 radical (unpaired) electrons. The van der Waals surface area contributed by atoms with Gasteiger partial charge in [0.2, 0.25) is 0 Å². The molecule has 2 amide bonds. The second-order valence-corrected chi connectivity index (χ2v) is 5.83. The third kappa shape index (κ3) is 3.24. The van der Waals surface area contributed by atoms with Gasteiger partial charge in [0.25, 0.3) is 0 Å². The van der Waals surface area contributed by atoms with E-state index in [9.17, 15) is 22.8 Å². The number of carbonyl (C=O) groups is 2. The molecule has 0 aromatic carbocycles. The maximum Gasteiger partial charge on any atom is 0.394 e. The average Bonchev–Trinajstić information content (AvgIpc) is 3.05. The van der Waals surface area contributed by atoms with Crippen molar-refractivity contribution in [3.05, 3.63) is 0 Å². The second-order valence-electron chi connectivity index (χ2n) is 5.83. The number of carbonyl (C=O) groups excluding carboxylic acids is 1. The minimum absolute atomic E-state index is 0.0470. The Morgan fingerprint density at radius 2 is 1.76 bits per heavy atom. The van der Waals surface area contributed by atoms with Crippen molar-refractivity contribution in [1.82, 2.24) is 9.80 Å². The van der Waals surface area contributed by atoms with Crippen LogP contribution in [0.3, 0.4) is 0 Å². The van der Waals surface area contributed by atoms with Crippen LogP contribution in [-0.4, -0.2) is 59.3 Å². The van der Waals surface area contributed by atoms with Crippen molar-refractivity contribution in [2.45, 2.75) is 37.9 Å². The van der Waals surface area contributed by atoms with Crippen LogP contribution in [0, 0.1) is 11.8 Å². The summed E-state index contributed by atoms with van der Waals surface area (Å²) in [6, 6.07) is -0.453. The summed E-state index contributed by atoms with van der Waals surface area (Å²) in [5.74, 6) is -5.07. The largest absolute Gasteiger partial charge is 0.481 e. The first-order valence-electron chi connectivity index (χ1n) is 7.03. The molecule has 5 nitrogen and oxygen atoms in total. The summed E-state index contributed by atoms with van der Waals surface area (Å²) in [5, 5.41) is 8.95. The first-order valence-corrected chi connectivity index (χ1v) is 7.03. The van der Waals surface area contributed by atoms with E-state index < -0.39 is 36.6 Å². The zero-order valence-corrected chi connectivity index (χ0v) is 11.8. The second kappa shape index (κ2) is 5.73. The summed E-state index contributed by atoms with van der Waals surface area (Å²) < 4.78 is 38.7. The maximum absolute atomic E-state index is 12.9. The fraction of sp³-hybridized carbons (Fsp3) is 0.846. The molecule has 2 atom stereocenters. The molecule has 0 aromatic heterocycles. The molecule has 1 aliphatic heterocycles. The molecule has 1 heterocycles. The fourth-order valence-electron chi connectivity index (χ4n) is 3.21. The van der Waals surface area contributed by atoms with Gasteiger partial charge in [-0.25, -0.2) is 4.79 Å². The summed E-state index contributed by atoms with van der Waals surface area (Å²) in [4.78, 5) is 25.8. The molecule has 2 rings (SSSR count). The number of aliphatic carboxylic acids is 1. The van der Waals surface area contributed by atoms with E-state index in [0.717, 1.165) is 30.6 Å². The van der Waals surface area contributed by atoms with Gasteiger partial charge in [-0.2, -0.15) is 13.2 Å². The number of carboxylic acids is 1. The van der Waals surface area contributed by atoms with Crippen molar-refractivity contribution in [2.24, 2.45) is 11.8 Å². The molecule has 2 fully saturated rings. The molecule has 0 spiro atoms. The number of amides is 2. The molecule has 120 valence electrons. The van der Waals surface area contributed by atoms with Crippen LogP contribution < -0.4 is 0 Å². The lowest BCUT2D eigenvalue weighted by Gasteiger charge is -2.29. The average molecular weight is 308 g/mol. The highest BCUT2D eigenvalue weighted by atomic mass is 19.4. The quantitative estimate of drug-likeness (QED) is 0.850. The molecule has 0 aromatic rings. The highest BCUT2D eigenvalue weighted by Crippen LogP contribution is 2.38.